The molecular formula is C16H27NO. The third-order valence-electron chi connectivity index (χ3n) is 3.86. The van der Waals surface area contributed by atoms with Gasteiger partial charge in [0.1, 0.15) is 5.75 Å². The van der Waals surface area contributed by atoms with Crippen molar-refractivity contribution in [2.75, 3.05) is 6.54 Å². The van der Waals surface area contributed by atoms with Crippen molar-refractivity contribution in [1.29, 1.82) is 0 Å². The molecule has 0 aliphatic heterocycles. The van der Waals surface area contributed by atoms with E-state index in [4.69, 9.17) is 0 Å². The van der Waals surface area contributed by atoms with Gasteiger partial charge in [0, 0.05) is 11.6 Å². The van der Waals surface area contributed by atoms with Crippen LogP contribution in [0.1, 0.15) is 51.8 Å². The van der Waals surface area contributed by atoms with Crippen molar-refractivity contribution in [3.05, 3.63) is 29.3 Å². The average molecular weight is 249 g/mol. The lowest BCUT2D eigenvalue weighted by Crippen LogP contribution is -2.31. The molecule has 102 valence electrons. The minimum absolute atomic E-state index is 0.176. The van der Waals surface area contributed by atoms with Crippen molar-refractivity contribution in [2.24, 2.45) is 11.3 Å². The SMILES string of the molecule is Cc1ccc(O)c(C(C)NCC(C)C(C)(C)C)c1. The summed E-state index contributed by atoms with van der Waals surface area (Å²) in [6.07, 6.45) is 0. The van der Waals surface area contributed by atoms with E-state index in [0.717, 1.165) is 12.1 Å². The van der Waals surface area contributed by atoms with E-state index in [9.17, 15) is 5.11 Å². The van der Waals surface area contributed by atoms with Gasteiger partial charge in [0.05, 0.1) is 0 Å². The van der Waals surface area contributed by atoms with E-state index in [1.165, 1.54) is 5.56 Å². The molecule has 2 atom stereocenters. The van der Waals surface area contributed by atoms with Crippen molar-refractivity contribution in [2.45, 2.75) is 47.6 Å². The van der Waals surface area contributed by atoms with Gasteiger partial charge >= 0.3 is 0 Å². The van der Waals surface area contributed by atoms with Crippen molar-refractivity contribution in [3.8, 4) is 5.75 Å². The largest absolute Gasteiger partial charge is 0.508 e. The van der Waals surface area contributed by atoms with E-state index in [-0.39, 0.29) is 6.04 Å². The molecule has 0 saturated carbocycles. The van der Waals surface area contributed by atoms with Crippen molar-refractivity contribution >= 4 is 0 Å². The highest BCUT2D eigenvalue weighted by atomic mass is 16.3. The number of phenols is 1. The standard InChI is InChI=1S/C16H27NO/c1-11-7-8-15(18)14(9-11)13(3)17-10-12(2)16(4,5)6/h7-9,12-13,17-18H,10H2,1-6H3. The number of phenolic OH excluding ortho intramolecular Hbond substituents is 1. The van der Waals surface area contributed by atoms with Crippen LogP contribution in [0.15, 0.2) is 18.2 Å². The Bertz CT molecular complexity index is 393. The third-order valence-corrected chi connectivity index (χ3v) is 3.86. The number of aromatic hydroxyl groups is 1. The first-order chi connectivity index (χ1) is 8.21. The van der Waals surface area contributed by atoms with Crippen LogP contribution in [0.25, 0.3) is 0 Å². The molecule has 0 aliphatic carbocycles. The Morgan fingerprint density at radius 2 is 1.83 bits per heavy atom. The first kappa shape index (κ1) is 15.0. The summed E-state index contributed by atoms with van der Waals surface area (Å²) in [7, 11) is 0. The van der Waals surface area contributed by atoms with Gasteiger partial charge in [0.25, 0.3) is 0 Å². The van der Waals surface area contributed by atoms with Crippen LogP contribution >= 0.6 is 0 Å². The number of rotatable bonds is 4. The van der Waals surface area contributed by atoms with Crippen LogP contribution in [0.4, 0.5) is 0 Å². The molecule has 0 radical (unpaired) electrons. The Hall–Kier alpha value is -1.02. The molecule has 2 unspecified atom stereocenters. The number of hydrogen-bond donors (Lipinski definition) is 2. The number of benzene rings is 1. The Labute approximate surface area is 111 Å². The maximum atomic E-state index is 9.89. The summed E-state index contributed by atoms with van der Waals surface area (Å²) in [6.45, 7) is 14.1. The highest BCUT2D eigenvalue weighted by molar-refractivity contribution is 5.37. The molecular weight excluding hydrogens is 222 g/mol. The van der Waals surface area contributed by atoms with Crippen LogP contribution in [0.5, 0.6) is 5.75 Å². The fourth-order valence-corrected chi connectivity index (χ4v) is 1.79. The molecule has 18 heavy (non-hydrogen) atoms. The first-order valence-corrected chi connectivity index (χ1v) is 6.74. The topological polar surface area (TPSA) is 32.3 Å². The van der Waals surface area contributed by atoms with E-state index in [1.54, 1.807) is 6.07 Å². The lowest BCUT2D eigenvalue weighted by atomic mass is 9.82. The molecule has 0 heterocycles. The minimum Gasteiger partial charge on any atom is -0.508 e. The van der Waals surface area contributed by atoms with Crippen LogP contribution in [0.3, 0.4) is 0 Å². The van der Waals surface area contributed by atoms with Crippen LogP contribution < -0.4 is 5.32 Å². The van der Waals surface area contributed by atoms with Crippen molar-refractivity contribution in [3.63, 3.8) is 0 Å². The molecule has 2 nitrogen and oxygen atoms in total. The number of nitrogens with one attached hydrogen (secondary N) is 1. The highest BCUT2D eigenvalue weighted by Crippen LogP contribution is 2.27. The fourth-order valence-electron chi connectivity index (χ4n) is 1.79. The van der Waals surface area contributed by atoms with E-state index >= 15 is 0 Å². The van der Waals surface area contributed by atoms with Gasteiger partial charge in [-0.25, -0.2) is 0 Å². The van der Waals surface area contributed by atoms with Crippen molar-refractivity contribution in [1.82, 2.24) is 5.32 Å². The summed E-state index contributed by atoms with van der Waals surface area (Å²) in [5.74, 6) is 0.968. The lowest BCUT2D eigenvalue weighted by Gasteiger charge is -2.29. The summed E-state index contributed by atoms with van der Waals surface area (Å²) >= 11 is 0. The van der Waals surface area contributed by atoms with Gasteiger partial charge in [0.15, 0.2) is 0 Å². The molecule has 1 rings (SSSR count). The van der Waals surface area contributed by atoms with E-state index in [1.807, 2.05) is 13.0 Å². The summed E-state index contributed by atoms with van der Waals surface area (Å²) in [5, 5.41) is 13.4. The fraction of sp³-hybridized carbons (Fsp3) is 0.625. The molecule has 2 N–H and O–H groups in total. The van der Waals surface area contributed by atoms with E-state index in [2.05, 4.69) is 46.0 Å². The summed E-state index contributed by atoms with van der Waals surface area (Å²) in [6, 6.07) is 5.93. The molecule has 0 amide bonds. The summed E-state index contributed by atoms with van der Waals surface area (Å²) < 4.78 is 0. The molecule has 0 fully saturated rings. The van der Waals surface area contributed by atoms with Gasteiger partial charge in [-0.15, -0.1) is 0 Å². The van der Waals surface area contributed by atoms with Crippen molar-refractivity contribution < 1.29 is 5.11 Å². The van der Waals surface area contributed by atoms with Gasteiger partial charge in [0.2, 0.25) is 0 Å². The number of aryl methyl sites for hydroxylation is 1. The lowest BCUT2D eigenvalue weighted by molar-refractivity contribution is 0.246. The second kappa shape index (κ2) is 5.75. The van der Waals surface area contributed by atoms with Crippen LogP contribution in [0, 0.1) is 18.3 Å². The summed E-state index contributed by atoms with van der Waals surface area (Å²) in [5.41, 5.74) is 2.47. The summed E-state index contributed by atoms with van der Waals surface area (Å²) in [4.78, 5) is 0. The normalized spacial score (nSPS) is 15.4. The molecule has 0 aromatic heterocycles. The maximum absolute atomic E-state index is 9.89. The van der Waals surface area contributed by atoms with Gasteiger partial charge in [-0.3, -0.25) is 0 Å². The van der Waals surface area contributed by atoms with Gasteiger partial charge < -0.3 is 10.4 Å². The molecule has 2 heteroatoms. The molecule has 1 aromatic carbocycles. The molecule has 0 saturated heterocycles. The second-order valence-electron chi connectivity index (χ2n) is 6.46. The Balaban J connectivity index is 2.66. The zero-order chi connectivity index (χ0) is 13.9. The van der Waals surface area contributed by atoms with Crippen LogP contribution in [-0.4, -0.2) is 11.7 Å². The predicted octanol–water partition coefficient (Wildman–Crippen LogP) is 4.03. The molecule has 1 aromatic rings. The van der Waals surface area contributed by atoms with Gasteiger partial charge in [-0.2, -0.15) is 0 Å². The van der Waals surface area contributed by atoms with Crippen LogP contribution in [-0.2, 0) is 0 Å². The second-order valence-corrected chi connectivity index (χ2v) is 6.46. The monoisotopic (exact) mass is 249 g/mol. The quantitative estimate of drug-likeness (QED) is 0.844. The zero-order valence-corrected chi connectivity index (χ0v) is 12.5. The maximum Gasteiger partial charge on any atom is 0.120 e. The highest BCUT2D eigenvalue weighted by Gasteiger charge is 2.20. The van der Waals surface area contributed by atoms with Gasteiger partial charge in [-0.05, 0) is 37.8 Å². The zero-order valence-electron chi connectivity index (χ0n) is 12.5. The predicted molar refractivity (Wildman–Crippen MR) is 77.9 cm³/mol. The molecule has 0 spiro atoms. The van der Waals surface area contributed by atoms with Crippen LogP contribution in [0.2, 0.25) is 0 Å². The first-order valence-electron chi connectivity index (χ1n) is 6.74. The Morgan fingerprint density at radius 1 is 1.22 bits per heavy atom. The van der Waals surface area contributed by atoms with E-state index < -0.39 is 0 Å². The van der Waals surface area contributed by atoms with E-state index in [0.29, 0.717) is 17.1 Å². The third kappa shape index (κ3) is 4.02. The molecule has 0 bridgehead atoms. The van der Waals surface area contributed by atoms with Gasteiger partial charge in [-0.1, -0.05) is 45.4 Å². The molecule has 0 aliphatic rings. The Morgan fingerprint density at radius 3 is 2.39 bits per heavy atom. The Kier molecular flexibility index (Phi) is 4.80. The number of hydrogen-bond acceptors (Lipinski definition) is 2. The average Bonchev–Trinajstić information content (AvgIpc) is 2.27. The minimum atomic E-state index is 0.176. The smallest absolute Gasteiger partial charge is 0.120 e.